The largest absolute Gasteiger partial charge is 0.309 e. The van der Waals surface area contributed by atoms with Crippen LogP contribution in [0.3, 0.4) is 0 Å². The van der Waals surface area contributed by atoms with Gasteiger partial charge < -0.3 is 4.57 Å². The van der Waals surface area contributed by atoms with E-state index >= 15 is 0 Å². The van der Waals surface area contributed by atoms with Crippen LogP contribution in [0, 0.1) is 0 Å². The lowest BCUT2D eigenvalue weighted by Crippen LogP contribution is -1.96. The van der Waals surface area contributed by atoms with Crippen LogP contribution in [0.5, 0.6) is 0 Å². The zero-order valence-electron chi connectivity index (χ0n) is 36.7. The lowest BCUT2D eigenvalue weighted by molar-refractivity contribution is 1.18. The molecule has 12 rings (SSSR count). The molecule has 0 saturated heterocycles. The fourth-order valence-electron chi connectivity index (χ4n) is 9.34. The van der Waals surface area contributed by atoms with E-state index in [0.717, 1.165) is 44.9 Å². The molecule has 2 heterocycles. The second-order valence-corrected chi connectivity index (χ2v) is 17.0. The number of nitrogens with zero attached hydrogens (tertiary/aromatic N) is 3. The first-order valence-corrected chi connectivity index (χ1v) is 22.8. The summed E-state index contributed by atoms with van der Waals surface area (Å²) in [6.07, 6.45) is 0. The predicted molar refractivity (Wildman–Crippen MR) is 280 cm³/mol. The van der Waals surface area contributed by atoms with E-state index in [0.29, 0.717) is 5.82 Å². The van der Waals surface area contributed by atoms with Gasteiger partial charge in [-0.15, -0.1) is 0 Å². The minimum atomic E-state index is 0.712. The van der Waals surface area contributed by atoms with Gasteiger partial charge in [0.2, 0.25) is 0 Å². The molecular formula is C64H43N3. The molecule has 0 aliphatic rings. The van der Waals surface area contributed by atoms with Crippen molar-refractivity contribution in [2.45, 2.75) is 0 Å². The first-order chi connectivity index (χ1) is 33.2. The topological polar surface area (TPSA) is 30.7 Å². The molecule has 0 aliphatic heterocycles. The quantitative estimate of drug-likeness (QED) is 0.145. The maximum atomic E-state index is 5.05. The lowest BCUT2D eigenvalue weighted by atomic mass is 9.97. The van der Waals surface area contributed by atoms with Gasteiger partial charge in [-0.2, -0.15) is 0 Å². The number of aromatic nitrogens is 3. The molecule has 0 spiro atoms. The molecular weight excluding hydrogens is 811 g/mol. The average molecular weight is 854 g/mol. The molecule has 10 aromatic carbocycles. The van der Waals surface area contributed by atoms with Crippen molar-refractivity contribution in [2.24, 2.45) is 0 Å². The van der Waals surface area contributed by atoms with Crippen molar-refractivity contribution < 1.29 is 0 Å². The van der Waals surface area contributed by atoms with Crippen LogP contribution in [0.15, 0.2) is 261 Å². The van der Waals surface area contributed by atoms with Gasteiger partial charge in [0.05, 0.1) is 22.4 Å². The summed E-state index contributed by atoms with van der Waals surface area (Å²) in [5.41, 5.74) is 20.3. The van der Waals surface area contributed by atoms with E-state index in [4.69, 9.17) is 9.97 Å². The molecule has 0 atom stereocenters. The van der Waals surface area contributed by atoms with Crippen molar-refractivity contribution in [1.29, 1.82) is 0 Å². The summed E-state index contributed by atoms with van der Waals surface area (Å²) in [6.45, 7) is 0. The molecule has 67 heavy (non-hydrogen) atoms. The zero-order valence-corrected chi connectivity index (χ0v) is 36.7. The van der Waals surface area contributed by atoms with Gasteiger partial charge in [0, 0.05) is 33.2 Å². The van der Waals surface area contributed by atoms with Gasteiger partial charge in [0.1, 0.15) is 0 Å². The van der Waals surface area contributed by atoms with Crippen LogP contribution in [-0.4, -0.2) is 14.5 Å². The maximum Gasteiger partial charge on any atom is 0.160 e. The Morgan fingerprint density at radius 2 is 0.507 bits per heavy atom. The first kappa shape index (κ1) is 39.7. The Balaban J connectivity index is 0.900. The van der Waals surface area contributed by atoms with Crippen molar-refractivity contribution in [3.05, 3.63) is 261 Å². The average Bonchev–Trinajstić information content (AvgIpc) is 3.75. The molecule has 0 fully saturated rings. The van der Waals surface area contributed by atoms with Gasteiger partial charge >= 0.3 is 0 Å². The minimum absolute atomic E-state index is 0.712. The molecule has 12 aromatic rings. The fraction of sp³-hybridized carbons (Fsp3) is 0. The Bertz CT molecular complexity index is 3460. The Labute approximate surface area is 390 Å². The second-order valence-electron chi connectivity index (χ2n) is 17.0. The smallest absolute Gasteiger partial charge is 0.160 e. The summed E-state index contributed by atoms with van der Waals surface area (Å²) < 4.78 is 2.41. The van der Waals surface area contributed by atoms with Crippen molar-refractivity contribution in [3.63, 3.8) is 0 Å². The Kier molecular flexibility index (Phi) is 10.2. The third-order valence-corrected chi connectivity index (χ3v) is 12.9. The molecule has 314 valence electrons. The second kappa shape index (κ2) is 17.2. The van der Waals surface area contributed by atoms with Crippen molar-refractivity contribution in [2.75, 3.05) is 0 Å². The minimum Gasteiger partial charge on any atom is -0.309 e. The molecule has 0 N–H and O–H groups in total. The third-order valence-electron chi connectivity index (χ3n) is 12.9. The van der Waals surface area contributed by atoms with Crippen LogP contribution in [-0.2, 0) is 0 Å². The van der Waals surface area contributed by atoms with E-state index in [1.54, 1.807) is 0 Å². The van der Waals surface area contributed by atoms with Gasteiger partial charge in [-0.05, 0) is 98.1 Å². The summed E-state index contributed by atoms with van der Waals surface area (Å²) in [5, 5.41) is 2.44. The Morgan fingerprint density at radius 3 is 0.910 bits per heavy atom. The summed E-state index contributed by atoms with van der Waals surface area (Å²) >= 11 is 0. The van der Waals surface area contributed by atoms with Crippen LogP contribution >= 0.6 is 0 Å². The van der Waals surface area contributed by atoms with Crippen LogP contribution in [0.4, 0.5) is 0 Å². The summed E-state index contributed by atoms with van der Waals surface area (Å²) in [6, 6.07) is 93.1. The van der Waals surface area contributed by atoms with E-state index in [-0.39, 0.29) is 0 Å². The zero-order chi connectivity index (χ0) is 44.5. The number of benzene rings is 10. The lowest BCUT2D eigenvalue weighted by Gasteiger charge is -2.11. The standard InChI is InChI=1S/C64H43N3/c1-5-13-44(14-6-1)46-21-25-50(26-22-46)55-35-39-62-58(41-55)59-42-56(51-27-23-47(24-28-51)45-15-7-2-8-16-45)36-40-63(59)67(62)57-37-33-49(34-38-57)48-29-31-53(32-30-48)61-43-60(52-17-9-3-10-18-52)65-64(66-61)54-19-11-4-12-20-54/h1-43H. The molecule has 3 heteroatoms. The normalized spacial score (nSPS) is 11.3. The molecule has 0 aliphatic carbocycles. The Hall–Kier alpha value is -8.92. The van der Waals surface area contributed by atoms with E-state index in [9.17, 15) is 0 Å². The third kappa shape index (κ3) is 7.79. The highest BCUT2D eigenvalue weighted by molar-refractivity contribution is 6.11. The van der Waals surface area contributed by atoms with E-state index in [1.807, 2.05) is 36.4 Å². The van der Waals surface area contributed by atoms with Crippen molar-refractivity contribution in [1.82, 2.24) is 14.5 Å². The predicted octanol–water partition coefficient (Wildman–Crippen LogP) is 16.9. The summed E-state index contributed by atoms with van der Waals surface area (Å²) in [5.74, 6) is 0.712. The molecule has 2 aromatic heterocycles. The monoisotopic (exact) mass is 853 g/mol. The van der Waals surface area contributed by atoms with E-state index < -0.39 is 0 Å². The SMILES string of the molecule is c1ccc(-c2ccc(-c3ccc4c(c3)c3cc(-c5ccc(-c6ccccc6)cc5)ccc3n4-c3ccc(-c4ccc(-c5cc(-c6ccccc6)nc(-c6ccccc6)n5)cc4)cc3)cc2)cc1. The van der Waals surface area contributed by atoms with Gasteiger partial charge in [-0.25, -0.2) is 9.97 Å². The van der Waals surface area contributed by atoms with Gasteiger partial charge in [-0.1, -0.05) is 218 Å². The van der Waals surface area contributed by atoms with Crippen LogP contribution in [0.1, 0.15) is 0 Å². The summed E-state index contributed by atoms with van der Waals surface area (Å²) in [7, 11) is 0. The number of hydrogen-bond donors (Lipinski definition) is 0. The van der Waals surface area contributed by atoms with Crippen LogP contribution < -0.4 is 0 Å². The van der Waals surface area contributed by atoms with Gasteiger partial charge in [0.15, 0.2) is 5.82 Å². The fourth-order valence-corrected chi connectivity index (χ4v) is 9.34. The van der Waals surface area contributed by atoms with Crippen LogP contribution in [0.25, 0.3) is 117 Å². The summed E-state index contributed by atoms with van der Waals surface area (Å²) in [4.78, 5) is 10.0. The number of fused-ring (bicyclic) bond motifs is 3. The van der Waals surface area contributed by atoms with Crippen molar-refractivity contribution >= 4 is 21.8 Å². The molecule has 0 radical (unpaired) electrons. The molecule has 0 unspecified atom stereocenters. The molecule has 0 bridgehead atoms. The highest BCUT2D eigenvalue weighted by atomic mass is 15.0. The van der Waals surface area contributed by atoms with E-state index in [2.05, 4.69) is 229 Å². The number of rotatable bonds is 9. The first-order valence-electron chi connectivity index (χ1n) is 22.8. The van der Waals surface area contributed by atoms with Gasteiger partial charge in [0.25, 0.3) is 0 Å². The Morgan fingerprint density at radius 1 is 0.224 bits per heavy atom. The van der Waals surface area contributed by atoms with Crippen molar-refractivity contribution in [3.8, 4) is 95.2 Å². The molecule has 3 nitrogen and oxygen atoms in total. The molecule has 0 amide bonds. The van der Waals surface area contributed by atoms with Gasteiger partial charge in [-0.3, -0.25) is 0 Å². The van der Waals surface area contributed by atoms with Crippen LogP contribution in [0.2, 0.25) is 0 Å². The highest BCUT2D eigenvalue weighted by Gasteiger charge is 2.16. The van der Waals surface area contributed by atoms with E-state index in [1.165, 1.54) is 66.3 Å². The highest BCUT2D eigenvalue weighted by Crippen LogP contribution is 2.39. The maximum absolute atomic E-state index is 5.05. The molecule has 0 saturated carbocycles. The number of hydrogen-bond acceptors (Lipinski definition) is 2.